The second kappa shape index (κ2) is 7.31. The number of H-pyrrole nitrogens is 1. The number of nitrogens with zero attached hydrogens (tertiary/aromatic N) is 2. The maximum absolute atomic E-state index is 13.8. The van der Waals surface area contributed by atoms with Crippen molar-refractivity contribution in [3.63, 3.8) is 0 Å². The molecule has 31 heavy (non-hydrogen) atoms. The van der Waals surface area contributed by atoms with Crippen molar-refractivity contribution in [3.8, 4) is 5.75 Å². The van der Waals surface area contributed by atoms with Gasteiger partial charge in [-0.15, -0.1) is 0 Å². The lowest BCUT2D eigenvalue weighted by Gasteiger charge is -2.31. The molecule has 2 aliphatic rings. The average molecular weight is 421 g/mol. The van der Waals surface area contributed by atoms with Crippen LogP contribution in [0, 0.1) is 5.82 Å². The van der Waals surface area contributed by atoms with E-state index in [-0.39, 0.29) is 24.1 Å². The zero-order valence-electron chi connectivity index (χ0n) is 16.9. The molecule has 158 valence electrons. The van der Waals surface area contributed by atoms with Crippen molar-refractivity contribution in [3.05, 3.63) is 59.5 Å². The number of nitrogens with one attached hydrogen (secondary N) is 1. The number of rotatable bonds is 3. The third-order valence-electron chi connectivity index (χ3n) is 5.89. The maximum Gasteiger partial charge on any atom is 0.308 e. The van der Waals surface area contributed by atoms with Crippen LogP contribution < -0.4 is 9.64 Å². The first kappa shape index (κ1) is 19.4. The summed E-state index contributed by atoms with van der Waals surface area (Å²) >= 11 is 0. The lowest BCUT2D eigenvalue weighted by atomic mass is 10.0. The Morgan fingerprint density at radius 3 is 2.68 bits per heavy atom. The van der Waals surface area contributed by atoms with Crippen molar-refractivity contribution in [1.29, 1.82) is 0 Å². The van der Waals surface area contributed by atoms with Gasteiger partial charge < -0.3 is 9.72 Å². The zero-order chi connectivity index (χ0) is 21.7. The summed E-state index contributed by atoms with van der Waals surface area (Å²) in [6.07, 6.45) is 0.789. The highest BCUT2D eigenvalue weighted by atomic mass is 19.1. The number of esters is 1. The SMILES string of the molecule is CC(=O)Oc1ccc(N2C(=O)CC(N3CCc4[nH]c5ccc(F)cc5c4C3)C2=O)cc1. The van der Waals surface area contributed by atoms with Gasteiger partial charge >= 0.3 is 5.97 Å². The van der Waals surface area contributed by atoms with Gasteiger partial charge in [0, 0.05) is 43.0 Å². The maximum atomic E-state index is 13.8. The van der Waals surface area contributed by atoms with Gasteiger partial charge in [-0.3, -0.25) is 19.3 Å². The number of imide groups is 1. The lowest BCUT2D eigenvalue weighted by Crippen LogP contribution is -2.44. The van der Waals surface area contributed by atoms with Crippen molar-refractivity contribution in [2.45, 2.75) is 32.4 Å². The van der Waals surface area contributed by atoms with Crippen LogP contribution in [-0.2, 0) is 27.3 Å². The summed E-state index contributed by atoms with van der Waals surface area (Å²) in [5, 5.41) is 0.814. The molecule has 0 radical (unpaired) electrons. The first-order chi connectivity index (χ1) is 14.9. The Morgan fingerprint density at radius 1 is 1.16 bits per heavy atom. The summed E-state index contributed by atoms with van der Waals surface area (Å²) in [5.41, 5.74) is 3.34. The number of carbonyl (C=O) groups excluding carboxylic acids is 3. The third kappa shape index (κ3) is 3.38. The van der Waals surface area contributed by atoms with Gasteiger partial charge in [-0.2, -0.15) is 0 Å². The van der Waals surface area contributed by atoms with Crippen molar-refractivity contribution in [1.82, 2.24) is 9.88 Å². The van der Waals surface area contributed by atoms with Crippen molar-refractivity contribution < 1.29 is 23.5 Å². The van der Waals surface area contributed by atoms with Crippen molar-refractivity contribution in [2.24, 2.45) is 0 Å². The number of hydrogen-bond acceptors (Lipinski definition) is 5. The van der Waals surface area contributed by atoms with Gasteiger partial charge in [0.2, 0.25) is 5.91 Å². The number of halogens is 1. The van der Waals surface area contributed by atoms with Crippen LogP contribution in [0.1, 0.15) is 24.6 Å². The van der Waals surface area contributed by atoms with Gasteiger partial charge in [-0.1, -0.05) is 0 Å². The van der Waals surface area contributed by atoms with E-state index in [1.54, 1.807) is 30.3 Å². The number of aromatic nitrogens is 1. The molecule has 3 aromatic rings. The van der Waals surface area contributed by atoms with E-state index >= 15 is 0 Å². The van der Waals surface area contributed by atoms with Gasteiger partial charge in [-0.05, 0) is 48.0 Å². The molecule has 3 heterocycles. The topological polar surface area (TPSA) is 82.7 Å². The Morgan fingerprint density at radius 2 is 1.94 bits per heavy atom. The van der Waals surface area contributed by atoms with E-state index in [0.29, 0.717) is 30.9 Å². The molecule has 0 aliphatic carbocycles. The quantitative estimate of drug-likeness (QED) is 0.400. The molecule has 1 unspecified atom stereocenters. The Bertz CT molecular complexity index is 1220. The molecule has 1 atom stereocenters. The smallest absolute Gasteiger partial charge is 0.308 e. The van der Waals surface area contributed by atoms with Gasteiger partial charge in [0.15, 0.2) is 0 Å². The van der Waals surface area contributed by atoms with Crippen molar-refractivity contribution in [2.75, 3.05) is 11.4 Å². The fourth-order valence-corrected chi connectivity index (χ4v) is 4.47. The molecule has 0 spiro atoms. The Kier molecular flexibility index (Phi) is 4.59. The van der Waals surface area contributed by atoms with Crippen LogP contribution in [0.5, 0.6) is 5.75 Å². The number of fused-ring (bicyclic) bond motifs is 3. The van der Waals surface area contributed by atoms with Crippen LogP contribution >= 0.6 is 0 Å². The van der Waals surface area contributed by atoms with Crippen LogP contribution in [0.3, 0.4) is 0 Å². The molecule has 0 saturated carbocycles. The van der Waals surface area contributed by atoms with Crippen LogP contribution in [0.25, 0.3) is 10.9 Å². The Hall–Kier alpha value is -3.52. The number of carbonyl (C=O) groups is 3. The minimum Gasteiger partial charge on any atom is -0.427 e. The molecule has 1 saturated heterocycles. The summed E-state index contributed by atoms with van der Waals surface area (Å²) in [6.45, 7) is 2.41. The van der Waals surface area contributed by atoms with Crippen LogP contribution in [0.4, 0.5) is 10.1 Å². The van der Waals surface area contributed by atoms with E-state index in [4.69, 9.17) is 4.74 Å². The van der Waals surface area contributed by atoms with E-state index < -0.39 is 12.0 Å². The highest BCUT2D eigenvalue weighted by Crippen LogP contribution is 2.33. The number of hydrogen-bond donors (Lipinski definition) is 1. The van der Waals surface area contributed by atoms with E-state index in [2.05, 4.69) is 4.98 Å². The van der Waals surface area contributed by atoms with E-state index in [0.717, 1.165) is 22.2 Å². The van der Waals surface area contributed by atoms with E-state index in [9.17, 15) is 18.8 Å². The summed E-state index contributed by atoms with van der Waals surface area (Å²) in [7, 11) is 0. The Balaban J connectivity index is 1.38. The van der Waals surface area contributed by atoms with Gasteiger partial charge in [0.25, 0.3) is 5.91 Å². The van der Waals surface area contributed by atoms with E-state index in [1.807, 2.05) is 4.90 Å². The molecular formula is C23H20FN3O4. The van der Waals surface area contributed by atoms with Crippen LogP contribution in [0.2, 0.25) is 0 Å². The minimum absolute atomic E-state index is 0.0938. The zero-order valence-corrected chi connectivity index (χ0v) is 16.9. The fraction of sp³-hybridized carbons (Fsp3) is 0.261. The molecule has 2 amide bonds. The fourth-order valence-electron chi connectivity index (χ4n) is 4.47. The van der Waals surface area contributed by atoms with Crippen molar-refractivity contribution >= 4 is 34.4 Å². The molecular weight excluding hydrogens is 401 g/mol. The average Bonchev–Trinajstić information content (AvgIpc) is 3.24. The molecule has 2 aliphatic heterocycles. The molecule has 5 rings (SSSR count). The van der Waals surface area contributed by atoms with Gasteiger partial charge in [-0.25, -0.2) is 9.29 Å². The molecule has 1 aromatic heterocycles. The summed E-state index contributed by atoms with van der Waals surface area (Å²) in [5.74, 6) is -0.947. The number of amides is 2. The largest absolute Gasteiger partial charge is 0.427 e. The standard InChI is InChI=1S/C23H20FN3O4/c1-13(28)31-16-5-3-15(4-6-16)27-22(29)11-21(23(27)30)26-9-8-20-18(12-26)17-10-14(24)2-7-19(17)25-20/h2-7,10,21,25H,8-9,11-12H2,1H3. The molecule has 7 nitrogen and oxygen atoms in total. The molecule has 0 bridgehead atoms. The predicted molar refractivity (Wildman–Crippen MR) is 111 cm³/mol. The lowest BCUT2D eigenvalue weighted by molar-refractivity contribution is -0.132. The second-order valence-electron chi connectivity index (χ2n) is 7.87. The summed E-state index contributed by atoms with van der Waals surface area (Å²) in [4.78, 5) is 43.4. The first-order valence-corrected chi connectivity index (χ1v) is 10.1. The monoisotopic (exact) mass is 421 g/mol. The number of anilines is 1. The highest BCUT2D eigenvalue weighted by Gasteiger charge is 2.43. The number of ether oxygens (including phenoxy) is 1. The molecule has 8 heteroatoms. The summed E-state index contributed by atoms with van der Waals surface area (Å²) < 4.78 is 18.8. The first-order valence-electron chi connectivity index (χ1n) is 10.1. The Labute approximate surface area is 177 Å². The van der Waals surface area contributed by atoms with Crippen LogP contribution in [-0.4, -0.2) is 40.3 Å². The molecule has 2 aromatic carbocycles. The van der Waals surface area contributed by atoms with Gasteiger partial charge in [0.05, 0.1) is 18.2 Å². The molecule has 1 fully saturated rings. The van der Waals surface area contributed by atoms with Gasteiger partial charge in [0.1, 0.15) is 11.6 Å². The van der Waals surface area contributed by atoms with Crippen LogP contribution in [0.15, 0.2) is 42.5 Å². The summed E-state index contributed by atoms with van der Waals surface area (Å²) in [6, 6.07) is 10.4. The van der Waals surface area contributed by atoms with E-state index in [1.165, 1.54) is 24.0 Å². The third-order valence-corrected chi connectivity index (χ3v) is 5.89. The number of benzene rings is 2. The minimum atomic E-state index is -0.563. The normalized spacial score (nSPS) is 19.2. The highest BCUT2D eigenvalue weighted by molar-refractivity contribution is 6.22. The molecule has 1 N–H and O–H groups in total. The second-order valence-corrected chi connectivity index (χ2v) is 7.87. The predicted octanol–water partition coefficient (Wildman–Crippen LogP) is 2.92. The number of aromatic amines is 1.